The lowest BCUT2D eigenvalue weighted by Gasteiger charge is -2.00. The Morgan fingerprint density at radius 3 is 2.69 bits per heavy atom. The van der Waals surface area contributed by atoms with Crippen molar-refractivity contribution >= 4 is 16.6 Å². The molecule has 64 valence electrons. The van der Waals surface area contributed by atoms with Gasteiger partial charge in [-0.05, 0) is 12.1 Å². The number of hydrogen-bond donors (Lipinski definition) is 1. The number of nitrogens with zero attached hydrogens (tertiary/aromatic N) is 1. The van der Waals surface area contributed by atoms with Crippen molar-refractivity contribution in [1.29, 1.82) is 0 Å². The van der Waals surface area contributed by atoms with E-state index in [1.165, 1.54) is 0 Å². The van der Waals surface area contributed by atoms with E-state index < -0.39 is 0 Å². The Morgan fingerprint density at radius 2 is 1.92 bits per heavy atom. The Morgan fingerprint density at radius 1 is 1.15 bits per heavy atom. The van der Waals surface area contributed by atoms with Crippen LogP contribution in [0.25, 0.3) is 16.6 Å². The normalized spacial score (nSPS) is 10.2. The number of nitrogens with two attached hydrogens (primary N) is 1. The van der Waals surface area contributed by atoms with Crippen LogP contribution in [0.1, 0.15) is 5.69 Å². The molecule has 2 heteroatoms. The van der Waals surface area contributed by atoms with Crippen LogP contribution in [0.4, 0.5) is 0 Å². The molecule has 2 aromatic rings. The van der Waals surface area contributed by atoms with Gasteiger partial charge in [-0.15, -0.1) is 0 Å². The van der Waals surface area contributed by atoms with Gasteiger partial charge in [-0.3, -0.25) is 0 Å². The summed E-state index contributed by atoms with van der Waals surface area (Å²) in [5.41, 5.74) is 7.75. The average molecular weight is 170 g/mol. The highest BCUT2D eigenvalue weighted by molar-refractivity contribution is 5.80. The van der Waals surface area contributed by atoms with Crippen LogP contribution in [-0.2, 0) is 0 Å². The molecule has 2 N–H and O–H groups in total. The molecule has 0 amide bonds. The summed E-state index contributed by atoms with van der Waals surface area (Å²) in [5.74, 6) is 0. The third-order valence-electron chi connectivity index (χ3n) is 1.93. The number of fused-ring (bicyclic) bond motifs is 1. The van der Waals surface area contributed by atoms with Gasteiger partial charge in [0.05, 0.1) is 16.9 Å². The maximum absolute atomic E-state index is 5.55. The van der Waals surface area contributed by atoms with E-state index in [4.69, 9.17) is 5.73 Å². The Kier molecular flexibility index (Phi) is 1.74. The lowest BCUT2D eigenvalue weighted by molar-refractivity contribution is 1.32. The Balaban J connectivity index is 2.69. The fraction of sp³-hybridized carbons (Fsp3) is 0. The number of para-hydroxylation sites is 1. The zero-order valence-electron chi connectivity index (χ0n) is 7.20. The van der Waals surface area contributed by atoms with Gasteiger partial charge in [-0.25, -0.2) is 4.98 Å². The van der Waals surface area contributed by atoms with E-state index in [0.29, 0.717) is 5.70 Å². The molecule has 2 rings (SSSR count). The van der Waals surface area contributed by atoms with Crippen LogP contribution in [0.2, 0.25) is 0 Å². The van der Waals surface area contributed by atoms with Crippen LogP contribution in [0.5, 0.6) is 0 Å². The number of hydrogen-bond acceptors (Lipinski definition) is 2. The number of aromatic nitrogens is 1. The van der Waals surface area contributed by atoms with Crippen molar-refractivity contribution in [3.63, 3.8) is 0 Å². The number of rotatable bonds is 1. The second-order valence-corrected chi connectivity index (χ2v) is 2.91. The van der Waals surface area contributed by atoms with Crippen molar-refractivity contribution in [2.45, 2.75) is 0 Å². The fourth-order valence-corrected chi connectivity index (χ4v) is 1.24. The summed E-state index contributed by atoms with van der Waals surface area (Å²) in [7, 11) is 0. The first-order chi connectivity index (χ1) is 6.27. The van der Waals surface area contributed by atoms with Crippen LogP contribution >= 0.6 is 0 Å². The lowest BCUT2D eigenvalue weighted by Crippen LogP contribution is -1.96. The van der Waals surface area contributed by atoms with E-state index in [1.54, 1.807) is 0 Å². The van der Waals surface area contributed by atoms with Crippen molar-refractivity contribution in [2.24, 2.45) is 5.73 Å². The maximum atomic E-state index is 5.55. The monoisotopic (exact) mass is 170 g/mol. The molecular formula is C11H10N2. The van der Waals surface area contributed by atoms with Gasteiger partial charge >= 0.3 is 0 Å². The fourth-order valence-electron chi connectivity index (χ4n) is 1.24. The molecule has 0 aliphatic heterocycles. The summed E-state index contributed by atoms with van der Waals surface area (Å²) < 4.78 is 0. The van der Waals surface area contributed by atoms with Gasteiger partial charge in [0.1, 0.15) is 0 Å². The third-order valence-corrected chi connectivity index (χ3v) is 1.93. The predicted molar refractivity (Wildman–Crippen MR) is 55.0 cm³/mol. The molecule has 0 saturated carbocycles. The van der Waals surface area contributed by atoms with Crippen molar-refractivity contribution in [1.82, 2.24) is 4.98 Å². The molecule has 0 aliphatic carbocycles. The molecule has 0 radical (unpaired) electrons. The SMILES string of the molecule is C=C(N)c1ccc2ccccc2n1. The standard InChI is InChI=1S/C11H10N2/c1-8(12)10-7-6-9-4-2-3-5-11(9)13-10/h2-7H,1,12H2. The van der Waals surface area contributed by atoms with Gasteiger partial charge in [0.2, 0.25) is 0 Å². The van der Waals surface area contributed by atoms with E-state index in [0.717, 1.165) is 16.6 Å². The molecule has 0 unspecified atom stereocenters. The molecule has 2 nitrogen and oxygen atoms in total. The van der Waals surface area contributed by atoms with Crippen LogP contribution in [0.3, 0.4) is 0 Å². The second-order valence-electron chi connectivity index (χ2n) is 2.91. The zero-order valence-corrected chi connectivity index (χ0v) is 7.20. The summed E-state index contributed by atoms with van der Waals surface area (Å²) in [6.45, 7) is 3.65. The number of pyridine rings is 1. The maximum Gasteiger partial charge on any atom is 0.0860 e. The van der Waals surface area contributed by atoms with Crippen molar-refractivity contribution < 1.29 is 0 Å². The molecule has 0 spiro atoms. The Labute approximate surface area is 76.7 Å². The molecule has 0 saturated heterocycles. The minimum absolute atomic E-state index is 0.505. The van der Waals surface area contributed by atoms with E-state index in [1.807, 2.05) is 36.4 Å². The minimum atomic E-state index is 0.505. The molecule has 1 aromatic heterocycles. The molecular weight excluding hydrogens is 160 g/mol. The topological polar surface area (TPSA) is 38.9 Å². The summed E-state index contributed by atoms with van der Waals surface area (Å²) in [4.78, 5) is 4.35. The van der Waals surface area contributed by atoms with E-state index in [-0.39, 0.29) is 0 Å². The first kappa shape index (κ1) is 7.80. The van der Waals surface area contributed by atoms with Gasteiger partial charge in [-0.1, -0.05) is 30.8 Å². The largest absolute Gasteiger partial charge is 0.397 e. The van der Waals surface area contributed by atoms with Gasteiger partial charge in [0, 0.05) is 5.39 Å². The van der Waals surface area contributed by atoms with Crippen molar-refractivity contribution in [3.8, 4) is 0 Å². The molecule has 0 atom stereocenters. The molecule has 0 aliphatic rings. The zero-order chi connectivity index (χ0) is 9.26. The number of benzene rings is 1. The summed E-state index contributed by atoms with van der Waals surface area (Å²) in [6.07, 6.45) is 0. The molecule has 0 bridgehead atoms. The molecule has 1 aromatic carbocycles. The van der Waals surface area contributed by atoms with Crippen LogP contribution < -0.4 is 5.73 Å². The van der Waals surface area contributed by atoms with Gasteiger partial charge < -0.3 is 5.73 Å². The quantitative estimate of drug-likeness (QED) is 0.712. The first-order valence-electron chi connectivity index (χ1n) is 4.08. The summed E-state index contributed by atoms with van der Waals surface area (Å²) in [5, 5.41) is 1.12. The van der Waals surface area contributed by atoms with Crippen molar-refractivity contribution in [3.05, 3.63) is 48.7 Å². The second kappa shape index (κ2) is 2.90. The lowest BCUT2D eigenvalue weighted by atomic mass is 10.2. The highest BCUT2D eigenvalue weighted by Crippen LogP contribution is 2.13. The highest BCUT2D eigenvalue weighted by Gasteiger charge is 1.97. The first-order valence-corrected chi connectivity index (χ1v) is 4.08. The molecule has 0 fully saturated rings. The van der Waals surface area contributed by atoms with E-state index in [9.17, 15) is 0 Å². The Hall–Kier alpha value is -1.83. The van der Waals surface area contributed by atoms with Gasteiger partial charge in [0.15, 0.2) is 0 Å². The van der Waals surface area contributed by atoms with Crippen LogP contribution in [-0.4, -0.2) is 4.98 Å². The average Bonchev–Trinajstić information content (AvgIpc) is 2.17. The minimum Gasteiger partial charge on any atom is -0.397 e. The summed E-state index contributed by atoms with van der Waals surface area (Å²) in [6, 6.07) is 11.8. The Bertz CT molecular complexity index is 460. The van der Waals surface area contributed by atoms with E-state index in [2.05, 4.69) is 11.6 Å². The van der Waals surface area contributed by atoms with Crippen molar-refractivity contribution in [2.75, 3.05) is 0 Å². The van der Waals surface area contributed by atoms with Crippen LogP contribution in [0, 0.1) is 0 Å². The van der Waals surface area contributed by atoms with Crippen LogP contribution in [0.15, 0.2) is 43.0 Å². The smallest absolute Gasteiger partial charge is 0.0860 e. The van der Waals surface area contributed by atoms with E-state index >= 15 is 0 Å². The van der Waals surface area contributed by atoms with Gasteiger partial charge in [0.25, 0.3) is 0 Å². The highest BCUT2D eigenvalue weighted by atomic mass is 14.7. The third kappa shape index (κ3) is 1.38. The molecule has 1 heterocycles. The predicted octanol–water partition coefficient (Wildman–Crippen LogP) is 2.16. The molecule has 13 heavy (non-hydrogen) atoms. The summed E-state index contributed by atoms with van der Waals surface area (Å²) >= 11 is 0. The van der Waals surface area contributed by atoms with Gasteiger partial charge in [-0.2, -0.15) is 0 Å².